The second kappa shape index (κ2) is 8.21. The highest BCUT2D eigenvalue weighted by atomic mass is 16.3. The zero-order chi connectivity index (χ0) is 19.4. The number of nitrogens with zero attached hydrogens (tertiary/aromatic N) is 1. The van der Waals surface area contributed by atoms with Crippen LogP contribution in [-0.2, 0) is 17.9 Å². The van der Waals surface area contributed by atoms with Crippen LogP contribution in [0.5, 0.6) is 0 Å². The van der Waals surface area contributed by atoms with Gasteiger partial charge in [0.15, 0.2) is 5.43 Å². The number of hydrogen-bond acceptors (Lipinski definition) is 3. The molecule has 1 heterocycles. The van der Waals surface area contributed by atoms with E-state index in [1.54, 1.807) is 4.90 Å². The third-order valence-corrected chi connectivity index (χ3v) is 4.51. The van der Waals surface area contributed by atoms with Crippen molar-refractivity contribution < 1.29 is 9.21 Å². The van der Waals surface area contributed by atoms with Crippen molar-refractivity contribution in [2.75, 3.05) is 0 Å². The first-order valence-corrected chi connectivity index (χ1v) is 9.27. The van der Waals surface area contributed by atoms with Gasteiger partial charge in [-0.15, -0.1) is 0 Å². The summed E-state index contributed by atoms with van der Waals surface area (Å²) in [5, 5.41) is 0.559. The van der Waals surface area contributed by atoms with Gasteiger partial charge in [-0.25, -0.2) is 0 Å². The molecule has 0 spiro atoms. The van der Waals surface area contributed by atoms with E-state index in [1.165, 1.54) is 6.26 Å². The van der Waals surface area contributed by atoms with E-state index in [-0.39, 0.29) is 23.8 Å². The van der Waals surface area contributed by atoms with Crippen molar-refractivity contribution in [3.05, 3.63) is 81.7 Å². The van der Waals surface area contributed by atoms with Crippen molar-refractivity contribution >= 4 is 16.9 Å². The van der Waals surface area contributed by atoms with Crippen LogP contribution in [0.4, 0.5) is 0 Å². The molecule has 3 rings (SSSR count). The minimum absolute atomic E-state index is 0.0394. The average Bonchev–Trinajstić information content (AvgIpc) is 2.64. The molecule has 3 aromatic rings. The molecule has 0 saturated heterocycles. The second-order valence-corrected chi connectivity index (χ2v) is 7.42. The van der Waals surface area contributed by atoms with Crippen LogP contribution in [-0.4, -0.2) is 10.8 Å². The molecule has 4 heteroatoms. The molecule has 0 fully saturated rings. The summed E-state index contributed by atoms with van der Waals surface area (Å²) in [4.78, 5) is 27.4. The lowest BCUT2D eigenvalue weighted by Crippen LogP contribution is -2.32. The van der Waals surface area contributed by atoms with Gasteiger partial charge in [0.1, 0.15) is 5.58 Å². The Labute approximate surface area is 159 Å². The summed E-state index contributed by atoms with van der Waals surface area (Å²) in [5.41, 5.74) is 3.04. The van der Waals surface area contributed by atoms with Gasteiger partial charge in [0, 0.05) is 13.0 Å². The van der Waals surface area contributed by atoms with Gasteiger partial charge in [-0.05, 0) is 30.5 Å². The largest absolute Gasteiger partial charge is 0.464 e. The van der Waals surface area contributed by atoms with E-state index in [0.29, 0.717) is 29.5 Å². The third kappa shape index (κ3) is 4.64. The van der Waals surface area contributed by atoms with Crippen LogP contribution in [0, 0.1) is 12.8 Å². The van der Waals surface area contributed by atoms with E-state index in [9.17, 15) is 9.59 Å². The van der Waals surface area contributed by atoms with Gasteiger partial charge in [0.25, 0.3) is 0 Å². The Morgan fingerprint density at radius 2 is 1.81 bits per heavy atom. The Morgan fingerprint density at radius 3 is 2.52 bits per heavy atom. The summed E-state index contributed by atoms with van der Waals surface area (Å²) in [7, 11) is 0. The predicted molar refractivity (Wildman–Crippen MR) is 107 cm³/mol. The lowest BCUT2D eigenvalue weighted by molar-refractivity contribution is -0.133. The lowest BCUT2D eigenvalue weighted by atomic mass is 10.1. The van der Waals surface area contributed by atoms with Gasteiger partial charge in [-0.2, -0.15) is 0 Å². The Balaban J connectivity index is 1.93. The molecule has 27 heavy (non-hydrogen) atoms. The van der Waals surface area contributed by atoms with Crippen LogP contribution < -0.4 is 5.43 Å². The maximum atomic E-state index is 12.9. The number of amides is 1. The zero-order valence-electron chi connectivity index (χ0n) is 16.1. The van der Waals surface area contributed by atoms with Crippen molar-refractivity contribution in [3.8, 4) is 0 Å². The summed E-state index contributed by atoms with van der Waals surface area (Å²) < 4.78 is 5.65. The van der Waals surface area contributed by atoms with Crippen LogP contribution >= 0.6 is 0 Å². The maximum absolute atomic E-state index is 12.9. The number of benzene rings is 2. The van der Waals surface area contributed by atoms with Crippen molar-refractivity contribution in [3.63, 3.8) is 0 Å². The molecule has 4 nitrogen and oxygen atoms in total. The Kier molecular flexibility index (Phi) is 5.75. The molecule has 2 aromatic carbocycles. The average molecular weight is 363 g/mol. The van der Waals surface area contributed by atoms with Crippen LogP contribution in [0.3, 0.4) is 0 Å². The summed E-state index contributed by atoms with van der Waals surface area (Å²) in [6, 6.07) is 15.4. The molecule has 0 unspecified atom stereocenters. The minimum atomic E-state index is -0.0737. The first kappa shape index (κ1) is 18.9. The molecule has 1 aromatic heterocycles. The van der Waals surface area contributed by atoms with E-state index in [4.69, 9.17) is 4.42 Å². The van der Waals surface area contributed by atoms with Crippen molar-refractivity contribution in [2.45, 2.75) is 40.3 Å². The molecule has 0 atom stereocenters. The standard InChI is InChI=1S/C23H25NO3/c1-16(2)11-22(25)24(13-18-7-5-4-6-8-18)14-19-15-27-21-10-9-17(3)12-20(21)23(19)26/h4-10,12,15-16H,11,13-14H2,1-3H3. The highest BCUT2D eigenvalue weighted by Crippen LogP contribution is 2.16. The fourth-order valence-corrected chi connectivity index (χ4v) is 3.11. The second-order valence-electron chi connectivity index (χ2n) is 7.42. The van der Waals surface area contributed by atoms with E-state index in [1.807, 2.05) is 69.3 Å². The summed E-state index contributed by atoms with van der Waals surface area (Å²) in [6.07, 6.45) is 1.94. The SMILES string of the molecule is Cc1ccc2occ(CN(Cc3ccccc3)C(=O)CC(C)C)c(=O)c2c1. The van der Waals surface area contributed by atoms with Crippen LogP contribution in [0.25, 0.3) is 11.0 Å². The highest BCUT2D eigenvalue weighted by molar-refractivity contribution is 5.78. The molecule has 0 aliphatic rings. The molecule has 1 amide bonds. The van der Waals surface area contributed by atoms with E-state index in [2.05, 4.69) is 0 Å². The van der Waals surface area contributed by atoms with Crippen molar-refractivity contribution in [1.29, 1.82) is 0 Å². The monoisotopic (exact) mass is 363 g/mol. The fourth-order valence-electron chi connectivity index (χ4n) is 3.11. The number of carbonyl (C=O) groups excluding carboxylic acids is 1. The van der Waals surface area contributed by atoms with E-state index < -0.39 is 0 Å². The zero-order valence-corrected chi connectivity index (χ0v) is 16.1. The molecule has 0 bridgehead atoms. The van der Waals surface area contributed by atoms with Crippen LogP contribution in [0.1, 0.15) is 37.0 Å². The normalized spacial score (nSPS) is 11.1. The predicted octanol–water partition coefficient (Wildman–Crippen LogP) is 4.68. The van der Waals surface area contributed by atoms with Gasteiger partial charge in [0.05, 0.1) is 23.8 Å². The molecule has 0 aliphatic carbocycles. The quantitative estimate of drug-likeness (QED) is 0.639. The van der Waals surface area contributed by atoms with Gasteiger partial charge in [-0.1, -0.05) is 55.8 Å². The summed E-state index contributed by atoms with van der Waals surface area (Å²) >= 11 is 0. The molecule has 0 N–H and O–H groups in total. The highest BCUT2D eigenvalue weighted by Gasteiger charge is 2.18. The molecule has 0 radical (unpaired) electrons. The first-order chi connectivity index (χ1) is 12.9. The van der Waals surface area contributed by atoms with Gasteiger partial charge in [0.2, 0.25) is 5.91 Å². The van der Waals surface area contributed by atoms with Crippen LogP contribution in [0.15, 0.2) is 64.0 Å². The smallest absolute Gasteiger partial charge is 0.223 e. The Morgan fingerprint density at radius 1 is 1.07 bits per heavy atom. The van der Waals surface area contributed by atoms with Gasteiger partial charge in [-0.3, -0.25) is 9.59 Å². The summed E-state index contributed by atoms with van der Waals surface area (Å²) in [5.74, 6) is 0.295. The van der Waals surface area contributed by atoms with Crippen molar-refractivity contribution in [1.82, 2.24) is 4.90 Å². The number of carbonyl (C=O) groups is 1. The minimum Gasteiger partial charge on any atom is -0.464 e. The van der Waals surface area contributed by atoms with Gasteiger partial charge >= 0.3 is 0 Å². The molecule has 0 saturated carbocycles. The third-order valence-electron chi connectivity index (χ3n) is 4.51. The molecule has 140 valence electrons. The number of aryl methyl sites for hydroxylation is 1. The maximum Gasteiger partial charge on any atom is 0.223 e. The van der Waals surface area contributed by atoms with Crippen LogP contribution in [0.2, 0.25) is 0 Å². The lowest BCUT2D eigenvalue weighted by Gasteiger charge is -2.23. The summed E-state index contributed by atoms with van der Waals surface area (Å²) in [6.45, 7) is 6.70. The molecular formula is C23H25NO3. The van der Waals surface area contributed by atoms with Crippen molar-refractivity contribution in [2.24, 2.45) is 5.92 Å². The van der Waals surface area contributed by atoms with Gasteiger partial charge < -0.3 is 9.32 Å². The Hall–Kier alpha value is -2.88. The molecule has 0 aliphatic heterocycles. The number of fused-ring (bicyclic) bond motifs is 1. The first-order valence-electron chi connectivity index (χ1n) is 9.27. The fraction of sp³-hybridized carbons (Fsp3) is 0.304. The Bertz CT molecular complexity index is 989. The van der Waals surface area contributed by atoms with E-state index in [0.717, 1.165) is 11.1 Å². The van der Waals surface area contributed by atoms with E-state index >= 15 is 0 Å². The number of rotatable bonds is 6. The number of hydrogen-bond donors (Lipinski definition) is 0. The molecular weight excluding hydrogens is 338 g/mol. The topological polar surface area (TPSA) is 50.5 Å².